The minimum atomic E-state index is -0.711. The van der Waals surface area contributed by atoms with Crippen molar-refractivity contribution in [1.82, 2.24) is 5.32 Å². The van der Waals surface area contributed by atoms with E-state index in [0.29, 0.717) is 0 Å². The molecular weight excluding hydrogens is 258 g/mol. The molecule has 78 valence electrons. The number of amides is 2. The van der Waals surface area contributed by atoms with Gasteiger partial charge in [-0.1, -0.05) is 28.1 Å². The highest BCUT2D eigenvalue weighted by Crippen LogP contribution is 2.32. The molecule has 1 atom stereocenters. The average molecular weight is 268 g/mol. The van der Waals surface area contributed by atoms with Gasteiger partial charge in [-0.15, -0.1) is 0 Å². The van der Waals surface area contributed by atoms with Gasteiger partial charge < -0.3 is 0 Å². The van der Waals surface area contributed by atoms with Crippen LogP contribution in [0.3, 0.4) is 0 Å². The molecule has 0 aliphatic carbocycles. The highest BCUT2D eigenvalue weighted by molar-refractivity contribution is 9.10. The van der Waals surface area contributed by atoms with Crippen LogP contribution in [0.15, 0.2) is 28.7 Å². The molecule has 0 spiro atoms. The summed E-state index contributed by atoms with van der Waals surface area (Å²) in [6.45, 7) is 1.79. The van der Waals surface area contributed by atoms with E-state index in [4.69, 9.17) is 0 Å². The second-order valence-electron chi connectivity index (χ2n) is 3.89. The van der Waals surface area contributed by atoms with Crippen molar-refractivity contribution in [2.75, 3.05) is 0 Å². The van der Waals surface area contributed by atoms with Crippen molar-refractivity contribution in [3.8, 4) is 0 Å². The maximum atomic E-state index is 11.6. The fourth-order valence-electron chi connectivity index (χ4n) is 1.76. The van der Waals surface area contributed by atoms with E-state index in [1.165, 1.54) is 0 Å². The van der Waals surface area contributed by atoms with E-state index in [1.807, 2.05) is 24.3 Å². The largest absolute Gasteiger partial charge is 0.296 e. The molecule has 15 heavy (non-hydrogen) atoms. The van der Waals surface area contributed by atoms with Gasteiger partial charge in [-0.25, -0.2) is 0 Å². The van der Waals surface area contributed by atoms with Crippen LogP contribution in [0, 0.1) is 0 Å². The summed E-state index contributed by atoms with van der Waals surface area (Å²) in [6, 6.07) is 7.47. The summed E-state index contributed by atoms with van der Waals surface area (Å²) in [5.74, 6) is -0.416. The molecular formula is C11H10BrNO2. The molecule has 0 aromatic heterocycles. The number of hydrogen-bond donors (Lipinski definition) is 1. The van der Waals surface area contributed by atoms with E-state index in [0.717, 1.165) is 10.0 Å². The van der Waals surface area contributed by atoms with Crippen molar-refractivity contribution in [2.24, 2.45) is 0 Å². The average Bonchev–Trinajstić information content (AvgIpc) is 2.42. The van der Waals surface area contributed by atoms with E-state index in [1.54, 1.807) is 6.92 Å². The molecule has 0 saturated carbocycles. The van der Waals surface area contributed by atoms with Crippen molar-refractivity contribution in [1.29, 1.82) is 0 Å². The molecule has 1 saturated heterocycles. The Morgan fingerprint density at radius 1 is 1.27 bits per heavy atom. The minimum absolute atomic E-state index is 0.203. The van der Waals surface area contributed by atoms with Gasteiger partial charge >= 0.3 is 0 Å². The second kappa shape index (κ2) is 3.45. The molecule has 1 fully saturated rings. The molecule has 1 aromatic carbocycles. The summed E-state index contributed by atoms with van der Waals surface area (Å²) >= 11 is 3.33. The van der Waals surface area contributed by atoms with Crippen LogP contribution in [0.1, 0.15) is 18.9 Å². The highest BCUT2D eigenvalue weighted by atomic mass is 79.9. The number of rotatable bonds is 1. The second-order valence-corrected chi connectivity index (χ2v) is 4.81. The van der Waals surface area contributed by atoms with E-state index >= 15 is 0 Å². The monoisotopic (exact) mass is 267 g/mol. The van der Waals surface area contributed by atoms with Gasteiger partial charge in [0.1, 0.15) is 0 Å². The first-order chi connectivity index (χ1) is 7.02. The van der Waals surface area contributed by atoms with Crippen molar-refractivity contribution < 1.29 is 9.59 Å². The lowest BCUT2D eigenvalue weighted by Crippen LogP contribution is -2.32. The third kappa shape index (κ3) is 1.69. The molecule has 2 rings (SSSR count). The molecule has 1 unspecified atom stereocenters. The van der Waals surface area contributed by atoms with Gasteiger partial charge in [0.25, 0.3) is 0 Å². The first-order valence-electron chi connectivity index (χ1n) is 4.63. The molecule has 0 bridgehead atoms. The molecule has 3 nitrogen and oxygen atoms in total. The molecule has 1 aliphatic heterocycles. The molecule has 1 aromatic rings. The van der Waals surface area contributed by atoms with E-state index in [2.05, 4.69) is 21.2 Å². The Balaban J connectivity index is 2.41. The summed E-state index contributed by atoms with van der Waals surface area (Å²) in [5.41, 5.74) is 0.159. The van der Waals surface area contributed by atoms with Crippen LogP contribution < -0.4 is 5.32 Å². The third-order valence-corrected chi connectivity index (χ3v) is 3.28. The van der Waals surface area contributed by atoms with Crippen LogP contribution >= 0.6 is 15.9 Å². The highest BCUT2D eigenvalue weighted by Gasteiger charge is 2.43. The minimum Gasteiger partial charge on any atom is -0.296 e. The Hall–Kier alpha value is -1.16. The van der Waals surface area contributed by atoms with Crippen molar-refractivity contribution in [3.05, 3.63) is 34.3 Å². The zero-order valence-corrected chi connectivity index (χ0v) is 9.80. The van der Waals surface area contributed by atoms with Gasteiger partial charge in [-0.3, -0.25) is 14.9 Å². The SMILES string of the molecule is CC1(c2ccc(Br)cc2)CC(=O)NC1=O. The normalized spacial score (nSPS) is 25.5. The molecule has 2 amide bonds. The van der Waals surface area contributed by atoms with E-state index in [9.17, 15) is 9.59 Å². The standard InChI is InChI=1S/C11H10BrNO2/c1-11(6-9(14)13-10(11)15)7-2-4-8(12)5-3-7/h2-5H,6H2,1H3,(H,13,14,15). The molecule has 1 N–H and O–H groups in total. The maximum Gasteiger partial charge on any atom is 0.237 e. The van der Waals surface area contributed by atoms with Crippen LogP contribution in [0.2, 0.25) is 0 Å². The van der Waals surface area contributed by atoms with Crippen LogP contribution in [0.4, 0.5) is 0 Å². The maximum absolute atomic E-state index is 11.6. The van der Waals surface area contributed by atoms with Crippen molar-refractivity contribution in [3.63, 3.8) is 0 Å². The lowest BCUT2D eigenvalue weighted by atomic mass is 9.81. The van der Waals surface area contributed by atoms with Crippen LogP contribution in [0.25, 0.3) is 0 Å². The number of carbonyl (C=O) groups excluding carboxylic acids is 2. The number of imide groups is 1. The summed E-state index contributed by atoms with van der Waals surface area (Å²) in [4.78, 5) is 22.8. The fraction of sp³-hybridized carbons (Fsp3) is 0.273. The van der Waals surface area contributed by atoms with Gasteiger partial charge in [0.05, 0.1) is 5.41 Å². The first-order valence-corrected chi connectivity index (χ1v) is 5.42. The Kier molecular flexibility index (Phi) is 2.38. The van der Waals surface area contributed by atoms with Crippen LogP contribution in [0.5, 0.6) is 0 Å². The number of hydrogen-bond acceptors (Lipinski definition) is 2. The lowest BCUT2D eigenvalue weighted by molar-refractivity contribution is -0.126. The Labute approximate surface area is 96.0 Å². The van der Waals surface area contributed by atoms with E-state index < -0.39 is 5.41 Å². The van der Waals surface area contributed by atoms with E-state index in [-0.39, 0.29) is 18.2 Å². The summed E-state index contributed by atoms with van der Waals surface area (Å²) in [6.07, 6.45) is 0.230. The summed E-state index contributed by atoms with van der Waals surface area (Å²) in [5, 5.41) is 2.33. The molecule has 1 aliphatic rings. The number of benzene rings is 1. The number of nitrogens with one attached hydrogen (secondary N) is 1. The van der Waals surface area contributed by atoms with Gasteiger partial charge in [0.15, 0.2) is 0 Å². The lowest BCUT2D eigenvalue weighted by Gasteiger charge is -2.19. The predicted molar refractivity (Wildman–Crippen MR) is 59.3 cm³/mol. The Morgan fingerprint density at radius 2 is 1.87 bits per heavy atom. The third-order valence-electron chi connectivity index (χ3n) is 2.75. The quantitative estimate of drug-likeness (QED) is 0.789. The molecule has 1 heterocycles. The topological polar surface area (TPSA) is 46.2 Å². The predicted octanol–water partition coefficient (Wildman–Crippen LogP) is 1.75. The zero-order chi connectivity index (χ0) is 11.1. The van der Waals surface area contributed by atoms with Crippen LogP contribution in [-0.2, 0) is 15.0 Å². The smallest absolute Gasteiger partial charge is 0.237 e. The molecule has 0 radical (unpaired) electrons. The van der Waals surface area contributed by atoms with Gasteiger partial charge in [0, 0.05) is 10.9 Å². The van der Waals surface area contributed by atoms with Crippen molar-refractivity contribution >= 4 is 27.7 Å². The summed E-state index contributed by atoms with van der Waals surface area (Å²) in [7, 11) is 0. The Bertz CT molecular complexity index is 427. The molecule has 4 heteroatoms. The Morgan fingerprint density at radius 3 is 2.33 bits per heavy atom. The number of halogens is 1. The van der Waals surface area contributed by atoms with Gasteiger partial charge in [-0.2, -0.15) is 0 Å². The van der Waals surface area contributed by atoms with Gasteiger partial charge in [0.2, 0.25) is 11.8 Å². The summed E-state index contributed by atoms with van der Waals surface area (Å²) < 4.78 is 0.958. The fourth-order valence-corrected chi connectivity index (χ4v) is 2.03. The first kappa shape index (κ1) is 10.4. The van der Waals surface area contributed by atoms with Crippen LogP contribution in [-0.4, -0.2) is 11.8 Å². The number of carbonyl (C=O) groups is 2. The van der Waals surface area contributed by atoms with Crippen molar-refractivity contribution in [2.45, 2.75) is 18.8 Å². The van der Waals surface area contributed by atoms with Gasteiger partial charge in [-0.05, 0) is 24.6 Å². The zero-order valence-electron chi connectivity index (χ0n) is 8.21.